The molecule has 0 saturated heterocycles. The number of aliphatic carboxylic acids is 1. The van der Waals surface area contributed by atoms with Crippen LogP contribution < -0.4 is 11.1 Å². The molecule has 0 aromatic rings. The van der Waals surface area contributed by atoms with Crippen molar-refractivity contribution in [3.05, 3.63) is 0 Å². The molecular weight excluding hydrogens is 366 g/mol. The van der Waals surface area contributed by atoms with Gasteiger partial charge in [-0.25, -0.2) is 4.79 Å². The smallest absolute Gasteiger partial charge is 0.326 e. The van der Waals surface area contributed by atoms with Crippen LogP contribution in [0.3, 0.4) is 0 Å². The molecular formula is C12H24N2O8Zn. The van der Waals surface area contributed by atoms with Crippen LogP contribution in [0.15, 0.2) is 0 Å². The molecule has 0 aliphatic carbocycles. The van der Waals surface area contributed by atoms with Crippen molar-refractivity contribution in [2.24, 2.45) is 5.73 Å². The molecule has 0 aromatic heterocycles. The molecule has 5 atom stereocenters. The van der Waals surface area contributed by atoms with E-state index in [4.69, 9.17) is 21.1 Å². The second kappa shape index (κ2) is 12.7. The van der Waals surface area contributed by atoms with Crippen LogP contribution in [-0.4, -0.2) is 86.1 Å². The van der Waals surface area contributed by atoms with Gasteiger partial charge < -0.3 is 41.7 Å². The van der Waals surface area contributed by atoms with Gasteiger partial charge in [-0.15, -0.1) is 0 Å². The van der Waals surface area contributed by atoms with Crippen LogP contribution in [0.5, 0.6) is 0 Å². The third-order valence-corrected chi connectivity index (χ3v) is 3.08. The van der Waals surface area contributed by atoms with Crippen molar-refractivity contribution in [1.29, 1.82) is 0 Å². The summed E-state index contributed by atoms with van der Waals surface area (Å²) >= 11 is 0. The Bertz CT molecular complexity index is 360. The van der Waals surface area contributed by atoms with Gasteiger partial charge in [-0.1, -0.05) is 0 Å². The van der Waals surface area contributed by atoms with E-state index in [1.165, 1.54) is 0 Å². The van der Waals surface area contributed by atoms with Gasteiger partial charge in [0, 0.05) is 19.5 Å². The zero-order valence-corrected chi connectivity index (χ0v) is 15.7. The van der Waals surface area contributed by atoms with Crippen molar-refractivity contribution in [3.8, 4) is 0 Å². The van der Waals surface area contributed by atoms with Crippen molar-refractivity contribution in [2.75, 3.05) is 13.2 Å². The van der Waals surface area contributed by atoms with Crippen LogP contribution in [0.25, 0.3) is 0 Å². The van der Waals surface area contributed by atoms with Crippen LogP contribution in [0.1, 0.15) is 19.3 Å². The number of carboxylic acids is 1. The number of aliphatic hydroxyl groups is 5. The van der Waals surface area contributed by atoms with Crippen molar-refractivity contribution < 1.29 is 59.7 Å². The number of hydrogen-bond donors (Lipinski definition) is 8. The van der Waals surface area contributed by atoms with E-state index in [-0.39, 0.29) is 25.9 Å². The summed E-state index contributed by atoms with van der Waals surface area (Å²) in [6.45, 7) is -0.518. The Morgan fingerprint density at radius 2 is 1.61 bits per heavy atom. The van der Waals surface area contributed by atoms with Crippen molar-refractivity contribution in [1.82, 2.24) is 5.32 Å². The van der Waals surface area contributed by atoms with Gasteiger partial charge in [0.15, 0.2) is 6.10 Å². The van der Waals surface area contributed by atoms with Crippen LogP contribution >= 0.6 is 0 Å². The Balaban J connectivity index is 0. The van der Waals surface area contributed by atoms with Crippen molar-refractivity contribution in [3.63, 3.8) is 0 Å². The molecule has 0 saturated carbocycles. The Kier molecular flexibility index (Phi) is 13.6. The average molecular weight is 390 g/mol. The van der Waals surface area contributed by atoms with Crippen LogP contribution in [0.2, 0.25) is 0 Å². The molecule has 0 spiro atoms. The minimum atomic E-state index is -2.16. The van der Waals surface area contributed by atoms with E-state index in [0.717, 1.165) is 0 Å². The van der Waals surface area contributed by atoms with Gasteiger partial charge in [0.05, 0.1) is 6.61 Å². The second-order valence-corrected chi connectivity index (χ2v) is 4.86. The first-order valence-electron chi connectivity index (χ1n) is 6.82. The SMILES string of the molecule is NCCCC[C@H](NC(=O)[C@H](O)[C@@H](O)[C@H](O)[C@H](O)CO)C(=O)O.[Zn]. The fraction of sp³-hybridized carbons (Fsp3) is 0.833. The largest absolute Gasteiger partial charge is 0.480 e. The summed E-state index contributed by atoms with van der Waals surface area (Å²) in [6.07, 6.45) is -6.87. The standard InChI is InChI=1S/C12H24N2O8.Zn/c13-4-2-1-3-6(12(21)22)14-11(20)10(19)9(18)8(17)7(16)5-15;/h6-10,15-19H,1-5,13H2,(H,14,20)(H,21,22);/t6-,7+,8+,9-,10+;/m0./s1. The van der Waals surface area contributed by atoms with Gasteiger partial charge in [-0.05, 0) is 25.8 Å². The van der Waals surface area contributed by atoms with E-state index in [2.05, 4.69) is 0 Å². The third kappa shape index (κ3) is 8.66. The Morgan fingerprint density at radius 1 is 1.04 bits per heavy atom. The number of rotatable bonds is 11. The van der Waals surface area contributed by atoms with Crippen molar-refractivity contribution >= 4 is 11.9 Å². The van der Waals surface area contributed by atoms with Gasteiger partial charge in [-0.3, -0.25) is 4.79 Å². The van der Waals surface area contributed by atoms with E-state index in [1.807, 2.05) is 5.32 Å². The van der Waals surface area contributed by atoms with Gasteiger partial charge >= 0.3 is 5.97 Å². The van der Waals surface area contributed by atoms with Crippen LogP contribution in [-0.2, 0) is 29.1 Å². The zero-order chi connectivity index (χ0) is 17.3. The number of amides is 1. The van der Waals surface area contributed by atoms with Gasteiger partial charge in [0.2, 0.25) is 0 Å². The molecule has 0 rings (SSSR count). The molecule has 1 amide bonds. The van der Waals surface area contributed by atoms with Crippen molar-refractivity contribution in [2.45, 2.75) is 49.7 Å². The maximum absolute atomic E-state index is 11.7. The molecule has 11 heteroatoms. The molecule has 0 radical (unpaired) electrons. The van der Waals surface area contributed by atoms with E-state index in [0.29, 0.717) is 19.4 Å². The number of hydrogen-bond acceptors (Lipinski definition) is 8. The fourth-order valence-electron chi connectivity index (χ4n) is 1.68. The number of carboxylic acid groups (broad SMARTS) is 1. The summed E-state index contributed by atoms with van der Waals surface area (Å²) in [4.78, 5) is 22.7. The van der Waals surface area contributed by atoms with Crippen LogP contribution in [0, 0.1) is 0 Å². The molecule has 0 aromatic carbocycles. The first-order valence-corrected chi connectivity index (χ1v) is 6.82. The molecule has 0 bridgehead atoms. The van der Waals surface area contributed by atoms with E-state index >= 15 is 0 Å². The predicted molar refractivity (Wildman–Crippen MR) is 73.6 cm³/mol. The summed E-state index contributed by atoms with van der Waals surface area (Å²) in [5.74, 6) is -2.53. The third-order valence-electron chi connectivity index (χ3n) is 3.08. The number of nitrogens with one attached hydrogen (secondary N) is 1. The molecule has 0 aliphatic rings. The van der Waals surface area contributed by atoms with Gasteiger partial charge in [-0.2, -0.15) is 0 Å². The Morgan fingerprint density at radius 3 is 2.04 bits per heavy atom. The van der Waals surface area contributed by atoms with Crippen LogP contribution in [0.4, 0.5) is 0 Å². The van der Waals surface area contributed by atoms with Gasteiger partial charge in [0.25, 0.3) is 5.91 Å². The molecule has 0 unspecified atom stereocenters. The number of unbranched alkanes of at least 4 members (excludes halogenated alkanes) is 1. The number of carbonyl (C=O) groups is 2. The molecule has 0 fully saturated rings. The summed E-state index contributed by atoms with van der Waals surface area (Å²) in [5, 5.41) is 57.2. The summed E-state index contributed by atoms with van der Waals surface area (Å²) < 4.78 is 0. The summed E-state index contributed by atoms with van der Waals surface area (Å²) in [5.41, 5.74) is 5.28. The topological polar surface area (TPSA) is 194 Å². The van der Waals surface area contributed by atoms with E-state index in [1.54, 1.807) is 0 Å². The molecule has 132 valence electrons. The fourth-order valence-corrected chi connectivity index (χ4v) is 1.68. The summed E-state index contributed by atoms with van der Waals surface area (Å²) in [7, 11) is 0. The Labute approximate surface area is 146 Å². The second-order valence-electron chi connectivity index (χ2n) is 4.86. The maximum Gasteiger partial charge on any atom is 0.326 e. The molecule has 10 nitrogen and oxygen atoms in total. The summed E-state index contributed by atoms with van der Waals surface area (Å²) in [6, 6.07) is -1.28. The average Bonchev–Trinajstić information content (AvgIpc) is 2.50. The van der Waals surface area contributed by atoms with Gasteiger partial charge in [0.1, 0.15) is 24.4 Å². The first-order chi connectivity index (χ1) is 10.3. The number of aliphatic hydroxyl groups excluding tert-OH is 5. The molecule has 0 aliphatic heterocycles. The number of carbonyl (C=O) groups excluding carboxylic acids is 1. The zero-order valence-electron chi connectivity index (χ0n) is 12.7. The maximum atomic E-state index is 11.7. The first kappa shape index (κ1) is 24.6. The monoisotopic (exact) mass is 388 g/mol. The molecule has 23 heavy (non-hydrogen) atoms. The minimum absolute atomic E-state index is 0. The minimum Gasteiger partial charge on any atom is -0.480 e. The molecule has 0 heterocycles. The predicted octanol–water partition coefficient (Wildman–Crippen LogP) is -3.88. The quantitative estimate of drug-likeness (QED) is 0.129. The molecule has 9 N–H and O–H groups in total. The number of nitrogens with two attached hydrogens (primary N) is 1. The Hall–Kier alpha value is -0.677. The van der Waals surface area contributed by atoms with E-state index < -0.39 is 48.9 Å². The van der Waals surface area contributed by atoms with E-state index in [9.17, 15) is 24.9 Å². The normalized spacial score (nSPS) is 17.3.